The molecule has 1 aliphatic rings. The molecule has 2 aromatic carbocycles. The number of benzene rings is 2. The molecule has 3 rings (SSSR count). The van der Waals surface area contributed by atoms with Gasteiger partial charge < -0.3 is 30.5 Å². The molecule has 1 fully saturated rings. The monoisotopic (exact) mass is 485 g/mol. The topological polar surface area (TPSA) is 145 Å². The van der Waals surface area contributed by atoms with Crippen molar-refractivity contribution in [3.63, 3.8) is 0 Å². The Balaban J connectivity index is 0.000000641. The number of aliphatic carboxylic acids is 2. The van der Waals surface area contributed by atoms with E-state index >= 15 is 0 Å². The van der Waals surface area contributed by atoms with Crippen molar-refractivity contribution in [1.82, 2.24) is 10.2 Å². The summed E-state index contributed by atoms with van der Waals surface area (Å²) in [5.41, 5.74) is 2.55. The zero-order valence-corrected chi connectivity index (χ0v) is 19.7. The van der Waals surface area contributed by atoms with Crippen LogP contribution in [0, 0.1) is 0 Å². The first-order valence-electron chi connectivity index (χ1n) is 11.3. The summed E-state index contributed by atoms with van der Waals surface area (Å²) in [6.07, 6.45) is 4.18. The van der Waals surface area contributed by atoms with Crippen LogP contribution in [0.3, 0.4) is 0 Å². The van der Waals surface area contributed by atoms with Crippen molar-refractivity contribution >= 4 is 29.4 Å². The van der Waals surface area contributed by atoms with E-state index < -0.39 is 11.9 Å². The van der Waals surface area contributed by atoms with E-state index in [0.29, 0.717) is 17.8 Å². The quantitative estimate of drug-likeness (QED) is 0.329. The Labute approximate surface area is 203 Å². The van der Waals surface area contributed by atoms with Crippen LogP contribution < -0.4 is 15.4 Å². The highest BCUT2D eigenvalue weighted by Gasteiger charge is 2.18. The summed E-state index contributed by atoms with van der Waals surface area (Å²) >= 11 is 0. The normalized spacial score (nSPS) is 12.7. The molecule has 1 saturated heterocycles. The Morgan fingerprint density at radius 1 is 0.886 bits per heavy atom. The highest BCUT2D eigenvalue weighted by Crippen LogP contribution is 2.15. The molecule has 0 unspecified atom stereocenters. The number of carboxylic acid groups (broad SMARTS) is 2. The van der Waals surface area contributed by atoms with Crippen LogP contribution in [-0.4, -0.2) is 72.2 Å². The molecule has 2 amide bonds. The maximum atomic E-state index is 12.5. The van der Waals surface area contributed by atoms with Crippen LogP contribution >= 0.6 is 0 Å². The molecule has 2 aromatic rings. The van der Waals surface area contributed by atoms with Crippen molar-refractivity contribution < 1.29 is 34.1 Å². The maximum Gasteiger partial charge on any atom is 0.414 e. The van der Waals surface area contributed by atoms with Gasteiger partial charge in [-0.15, -0.1) is 0 Å². The molecule has 10 heteroatoms. The van der Waals surface area contributed by atoms with Gasteiger partial charge in [-0.3, -0.25) is 9.59 Å². The van der Waals surface area contributed by atoms with E-state index in [0.717, 1.165) is 38.1 Å². The predicted octanol–water partition coefficient (Wildman–Crippen LogP) is 2.25. The molecule has 1 heterocycles. The fourth-order valence-electron chi connectivity index (χ4n) is 3.41. The summed E-state index contributed by atoms with van der Waals surface area (Å²) in [5.74, 6) is -2.84. The van der Waals surface area contributed by atoms with Gasteiger partial charge in [0.1, 0.15) is 5.75 Å². The number of amides is 2. The van der Waals surface area contributed by atoms with Crippen LogP contribution in [0.4, 0.5) is 5.69 Å². The van der Waals surface area contributed by atoms with Gasteiger partial charge in [0.15, 0.2) is 0 Å². The molecule has 0 atom stereocenters. The molecule has 10 nitrogen and oxygen atoms in total. The summed E-state index contributed by atoms with van der Waals surface area (Å²) in [7, 11) is 1.65. The highest BCUT2D eigenvalue weighted by atomic mass is 16.5. The number of hydrogen-bond acceptors (Lipinski definition) is 6. The first-order chi connectivity index (χ1) is 16.8. The summed E-state index contributed by atoms with van der Waals surface area (Å²) in [6, 6.07) is 15.0. The molecule has 0 aliphatic carbocycles. The van der Waals surface area contributed by atoms with E-state index in [1.165, 1.54) is 12.0 Å². The third kappa shape index (κ3) is 9.85. The van der Waals surface area contributed by atoms with Crippen molar-refractivity contribution in [2.75, 3.05) is 38.6 Å². The predicted molar refractivity (Wildman–Crippen MR) is 130 cm³/mol. The van der Waals surface area contributed by atoms with Crippen molar-refractivity contribution in [1.29, 1.82) is 0 Å². The average Bonchev–Trinajstić information content (AvgIpc) is 2.88. The number of carbonyl (C=O) groups is 4. The number of hydrogen-bond donors (Lipinski definition) is 4. The van der Waals surface area contributed by atoms with Crippen molar-refractivity contribution in [2.45, 2.75) is 25.7 Å². The van der Waals surface area contributed by atoms with Crippen LogP contribution in [0.1, 0.15) is 35.2 Å². The van der Waals surface area contributed by atoms with Crippen molar-refractivity contribution in [3.05, 3.63) is 59.7 Å². The highest BCUT2D eigenvalue weighted by molar-refractivity contribution is 6.27. The minimum Gasteiger partial charge on any atom is -0.497 e. The number of ether oxygens (including phenoxy) is 1. The number of carbonyl (C=O) groups excluding carboxylic acids is 2. The van der Waals surface area contributed by atoms with Gasteiger partial charge >= 0.3 is 11.9 Å². The summed E-state index contributed by atoms with van der Waals surface area (Å²) in [6.45, 7) is 2.62. The Hall–Kier alpha value is -3.92. The van der Waals surface area contributed by atoms with Gasteiger partial charge in [-0.05, 0) is 74.2 Å². The second-order valence-corrected chi connectivity index (χ2v) is 7.86. The van der Waals surface area contributed by atoms with E-state index in [1.54, 1.807) is 31.4 Å². The van der Waals surface area contributed by atoms with Crippen LogP contribution in [0.25, 0.3) is 0 Å². The SMILES string of the molecule is COc1ccc(CCNCC(=O)Nc2ccc(C(=O)N3CCCCC3)cc2)cc1.O=C(O)C(=O)O. The lowest BCUT2D eigenvalue weighted by molar-refractivity contribution is -0.159. The Kier molecular flexibility index (Phi) is 11.2. The lowest BCUT2D eigenvalue weighted by atomic mass is 10.1. The van der Waals surface area contributed by atoms with E-state index in [9.17, 15) is 9.59 Å². The van der Waals surface area contributed by atoms with Gasteiger partial charge in [-0.2, -0.15) is 0 Å². The fourth-order valence-corrected chi connectivity index (χ4v) is 3.41. The Bertz CT molecular complexity index is 973. The molecule has 0 radical (unpaired) electrons. The van der Waals surface area contributed by atoms with Crippen LogP contribution in [0.15, 0.2) is 48.5 Å². The molecule has 0 bridgehead atoms. The van der Waals surface area contributed by atoms with Crippen LogP contribution in [-0.2, 0) is 20.8 Å². The maximum absolute atomic E-state index is 12.5. The van der Waals surface area contributed by atoms with Gasteiger partial charge in [-0.1, -0.05) is 12.1 Å². The smallest absolute Gasteiger partial charge is 0.414 e. The zero-order valence-electron chi connectivity index (χ0n) is 19.7. The number of piperidine rings is 1. The molecule has 0 aromatic heterocycles. The number of nitrogens with zero attached hydrogens (tertiary/aromatic N) is 1. The van der Waals surface area contributed by atoms with Crippen LogP contribution in [0.2, 0.25) is 0 Å². The van der Waals surface area contributed by atoms with Gasteiger partial charge in [0.25, 0.3) is 5.91 Å². The number of rotatable bonds is 8. The second kappa shape index (κ2) is 14.4. The molecular weight excluding hydrogens is 454 g/mol. The zero-order chi connectivity index (χ0) is 25.6. The van der Waals surface area contributed by atoms with Gasteiger partial charge in [0.05, 0.1) is 13.7 Å². The molecule has 35 heavy (non-hydrogen) atoms. The van der Waals surface area contributed by atoms with Crippen molar-refractivity contribution in [3.8, 4) is 5.75 Å². The number of methoxy groups -OCH3 is 1. The van der Waals surface area contributed by atoms with Crippen molar-refractivity contribution in [2.24, 2.45) is 0 Å². The second-order valence-electron chi connectivity index (χ2n) is 7.86. The number of likely N-dealkylation sites (tertiary alicyclic amines) is 1. The van der Waals surface area contributed by atoms with E-state index in [4.69, 9.17) is 24.5 Å². The third-order valence-corrected chi connectivity index (χ3v) is 5.28. The van der Waals surface area contributed by atoms with E-state index in [-0.39, 0.29) is 18.4 Å². The van der Waals surface area contributed by atoms with Gasteiger partial charge in [-0.25, -0.2) is 9.59 Å². The van der Waals surface area contributed by atoms with Gasteiger partial charge in [0.2, 0.25) is 5.91 Å². The fraction of sp³-hybridized carbons (Fsp3) is 0.360. The first-order valence-corrected chi connectivity index (χ1v) is 11.3. The van der Waals surface area contributed by atoms with E-state index in [1.807, 2.05) is 29.2 Å². The van der Waals surface area contributed by atoms with E-state index in [2.05, 4.69) is 10.6 Å². The first kappa shape index (κ1) is 27.3. The standard InChI is InChI=1S/C23H29N3O3.C2H2O4/c1-29-21-11-5-18(6-12-21)13-14-24-17-22(27)25-20-9-7-19(8-10-20)23(28)26-15-3-2-4-16-26;3-1(4)2(5)6/h5-12,24H,2-4,13-17H2,1H3,(H,25,27);(H,3,4)(H,5,6). The molecule has 0 spiro atoms. The summed E-state index contributed by atoms with van der Waals surface area (Å²) in [5, 5.41) is 20.8. The largest absolute Gasteiger partial charge is 0.497 e. The minimum absolute atomic E-state index is 0.0720. The molecule has 4 N–H and O–H groups in total. The third-order valence-electron chi connectivity index (χ3n) is 5.28. The Morgan fingerprint density at radius 2 is 1.49 bits per heavy atom. The number of nitrogens with one attached hydrogen (secondary N) is 2. The molecular formula is C25H31N3O7. The number of anilines is 1. The average molecular weight is 486 g/mol. The lowest BCUT2D eigenvalue weighted by Crippen LogP contribution is -2.35. The number of carboxylic acids is 2. The molecule has 1 aliphatic heterocycles. The summed E-state index contributed by atoms with van der Waals surface area (Å²) < 4.78 is 5.14. The van der Waals surface area contributed by atoms with Gasteiger partial charge in [0, 0.05) is 24.3 Å². The molecule has 188 valence electrons. The molecule has 0 saturated carbocycles. The minimum atomic E-state index is -1.82. The van der Waals surface area contributed by atoms with Crippen LogP contribution in [0.5, 0.6) is 5.75 Å². The lowest BCUT2D eigenvalue weighted by Gasteiger charge is -2.26. The Morgan fingerprint density at radius 3 is 2.03 bits per heavy atom. The summed E-state index contributed by atoms with van der Waals surface area (Å²) in [4.78, 5) is 44.7.